The van der Waals surface area contributed by atoms with Crippen LogP contribution in [0.2, 0.25) is 0 Å². The number of thioether (sulfide) groups is 1. The van der Waals surface area contributed by atoms with Crippen LogP contribution in [0.4, 0.5) is 15.9 Å². The first-order chi connectivity index (χ1) is 13.9. The van der Waals surface area contributed by atoms with E-state index in [0.717, 1.165) is 5.56 Å². The first kappa shape index (κ1) is 22.9. The Morgan fingerprint density at radius 3 is 2.66 bits per heavy atom. The number of carbonyl (C=O) groups is 1. The van der Waals surface area contributed by atoms with Crippen LogP contribution in [0.5, 0.6) is 0 Å². The second kappa shape index (κ2) is 9.89. The lowest BCUT2D eigenvalue weighted by Gasteiger charge is -2.16. The van der Waals surface area contributed by atoms with Gasteiger partial charge in [0.1, 0.15) is 27.4 Å². The van der Waals surface area contributed by atoms with Crippen LogP contribution in [0.1, 0.15) is 36.7 Å². The number of aromatic nitrogens is 2. The number of aryl methyl sites for hydroxylation is 1. The molecule has 0 spiro atoms. The molecule has 0 bridgehead atoms. The van der Waals surface area contributed by atoms with Crippen molar-refractivity contribution >= 4 is 50.8 Å². The number of thiazole rings is 1. The fraction of sp³-hybridized carbons (Fsp3) is 0.350. The molecule has 0 aliphatic rings. The normalized spacial score (nSPS) is 10.4. The van der Waals surface area contributed by atoms with E-state index in [0.29, 0.717) is 9.04 Å². The van der Waals surface area contributed by atoms with Crippen LogP contribution in [0.3, 0.4) is 0 Å². The molecule has 6 nitrogen and oxygen atoms in total. The Labute approximate surface area is 177 Å². The Balaban J connectivity index is 0.00000145. The van der Waals surface area contributed by atoms with Gasteiger partial charge in [-0.25, -0.2) is 14.2 Å². The van der Waals surface area contributed by atoms with Crippen molar-refractivity contribution in [1.82, 2.24) is 9.55 Å². The molecule has 2 heterocycles. The van der Waals surface area contributed by atoms with Gasteiger partial charge in [0.15, 0.2) is 4.34 Å². The van der Waals surface area contributed by atoms with Gasteiger partial charge in [-0.05, 0) is 37.8 Å². The summed E-state index contributed by atoms with van der Waals surface area (Å²) in [7, 11) is 1.53. The van der Waals surface area contributed by atoms with E-state index in [1.807, 2.05) is 20.1 Å². The van der Waals surface area contributed by atoms with E-state index in [1.165, 1.54) is 40.8 Å². The quantitative estimate of drug-likeness (QED) is 0.442. The Morgan fingerprint density at radius 2 is 2.07 bits per heavy atom. The minimum absolute atomic E-state index is 0.116. The van der Waals surface area contributed by atoms with Crippen molar-refractivity contribution in [3.63, 3.8) is 0 Å². The summed E-state index contributed by atoms with van der Waals surface area (Å²) in [5, 5.41) is 2.88. The molecular formula is C20H24FN3O3S2. The number of rotatable bonds is 5. The Bertz CT molecular complexity index is 1090. The molecule has 0 fully saturated rings. The second-order valence-electron chi connectivity index (χ2n) is 5.78. The van der Waals surface area contributed by atoms with Crippen LogP contribution in [0, 0.1) is 12.7 Å². The summed E-state index contributed by atoms with van der Waals surface area (Å²) in [4.78, 5) is 29.8. The number of nitrogens with zero attached hydrogens (tertiary/aromatic N) is 2. The molecule has 2 aromatic heterocycles. The molecule has 156 valence electrons. The Hall–Kier alpha value is -2.39. The van der Waals surface area contributed by atoms with Crippen molar-refractivity contribution in [2.24, 2.45) is 7.05 Å². The number of ether oxygens (including phenoxy) is 1. The predicted octanol–water partition coefficient (Wildman–Crippen LogP) is 5.11. The van der Waals surface area contributed by atoms with Gasteiger partial charge < -0.3 is 10.1 Å². The second-order valence-corrected chi connectivity index (χ2v) is 7.83. The maximum atomic E-state index is 14.3. The first-order valence-electron chi connectivity index (χ1n) is 9.15. The fourth-order valence-electron chi connectivity index (χ4n) is 2.63. The highest BCUT2D eigenvalue weighted by Crippen LogP contribution is 2.33. The third-order valence-corrected chi connectivity index (χ3v) is 5.98. The number of hydrogen-bond donors (Lipinski definition) is 1. The third kappa shape index (κ3) is 4.62. The fourth-order valence-corrected chi connectivity index (χ4v) is 4.17. The summed E-state index contributed by atoms with van der Waals surface area (Å²) in [6.07, 6.45) is 1.84. The standard InChI is InChI=1S/C18H18FN3O3S2.C2H6/c1-5-25-17(24)12-13-14(27-18(21-13)26-4)16(23)22(3)15(12)20-11-7-6-9(2)8-10(11)19;1-2/h6-8,20H,5H2,1-4H3;1-2H3. The molecule has 1 aromatic carbocycles. The lowest BCUT2D eigenvalue weighted by atomic mass is 10.2. The summed E-state index contributed by atoms with van der Waals surface area (Å²) in [6.45, 7) is 7.64. The minimum Gasteiger partial charge on any atom is -0.462 e. The summed E-state index contributed by atoms with van der Waals surface area (Å²) in [6, 6.07) is 4.67. The van der Waals surface area contributed by atoms with E-state index < -0.39 is 11.8 Å². The highest BCUT2D eigenvalue weighted by Gasteiger charge is 2.25. The monoisotopic (exact) mass is 437 g/mol. The topological polar surface area (TPSA) is 73.2 Å². The zero-order valence-corrected chi connectivity index (χ0v) is 18.9. The van der Waals surface area contributed by atoms with E-state index >= 15 is 0 Å². The molecule has 9 heteroatoms. The molecule has 0 saturated carbocycles. The van der Waals surface area contributed by atoms with Crippen LogP contribution in [-0.2, 0) is 11.8 Å². The van der Waals surface area contributed by atoms with Crippen LogP contribution in [0.15, 0.2) is 27.3 Å². The number of esters is 1. The zero-order valence-electron chi connectivity index (χ0n) is 17.3. The Morgan fingerprint density at radius 1 is 1.38 bits per heavy atom. The van der Waals surface area contributed by atoms with Gasteiger partial charge >= 0.3 is 5.97 Å². The molecule has 3 rings (SSSR count). The van der Waals surface area contributed by atoms with E-state index in [2.05, 4.69) is 10.3 Å². The van der Waals surface area contributed by atoms with Gasteiger partial charge in [-0.1, -0.05) is 31.7 Å². The van der Waals surface area contributed by atoms with E-state index in [-0.39, 0.29) is 34.8 Å². The lowest BCUT2D eigenvalue weighted by molar-refractivity contribution is 0.0529. The van der Waals surface area contributed by atoms with Crippen molar-refractivity contribution < 1.29 is 13.9 Å². The molecule has 1 N–H and O–H groups in total. The number of anilines is 2. The summed E-state index contributed by atoms with van der Waals surface area (Å²) < 4.78 is 21.8. The third-order valence-electron chi connectivity index (χ3n) is 3.95. The van der Waals surface area contributed by atoms with E-state index in [1.54, 1.807) is 26.0 Å². The van der Waals surface area contributed by atoms with Crippen LogP contribution >= 0.6 is 23.1 Å². The number of carbonyl (C=O) groups excluding carboxylic acids is 1. The molecule has 0 radical (unpaired) electrons. The number of halogens is 1. The molecule has 3 aromatic rings. The molecule has 0 atom stereocenters. The highest BCUT2D eigenvalue weighted by molar-refractivity contribution is 8.00. The molecule has 29 heavy (non-hydrogen) atoms. The van der Waals surface area contributed by atoms with Gasteiger partial charge in [-0.2, -0.15) is 0 Å². The SMILES string of the molecule is CC.CCOC(=O)c1c(Nc2ccc(C)cc2F)n(C)c(=O)c2sc(SC)nc12. The van der Waals surface area contributed by atoms with Gasteiger partial charge in [0.05, 0.1) is 12.3 Å². The van der Waals surface area contributed by atoms with Gasteiger partial charge in [-0.3, -0.25) is 9.36 Å². The smallest absolute Gasteiger partial charge is 0.344 e. The van der Waals surface area contributed by atoms with Gasteiger partial charge in [0.2, 0.25) is 0 Å². The number of benzene rings is 1. The van der Waals surface area contributed by atoms with Crippen molar-refractivity contribution in [2.45, 2.75) is 32.0 Å². The zero-order chi connectivity index (χ0) is 21.7. The maximum absolute atomic E-state index is 14.3. The molecule has 0 aliphatic heterocycles. The van der Waals surface area contributed by atoms with Crippen LogP contribution in [0.25, 0.3) is 10.2 Å². The van der Waals surface area contributed by atoms with Crippen LogP contribution < -0.4 is 10.9 Å². The number of nitrogens with one attached hydrogen (secondary N) is 1. The van der Waals surface area contributed by atoms with Gasteiger partial charge in [0, 0.05) is 7.05 Å². The van der Waals surface area contributed by atoms with Crippen LogP contribution in [-0.4, -0.2) is 28.4 Å². The molecular weight excluding hydrogens is 413 g/mol. The van der Waals surface area contributed by atoms with Crippen molar-refractivity contribution in [1.29, 1.82) is 0 Å². The maximum Gasteiger partial charge on any atom is 0.344 e. The minimum atomic E-state index is -0.619. The van der Waals surface area contributed by atoms with Crippen molar-refractivity contribution in [3.05, 3.63) is 45.5 Å². The van der Waals surface area contributed by atoms with Crippen molar-refractivity contribution in [2.75, 3.05) is 18.2 Å². The molecule has 0 saturated heterocycles. The summed E-state index contributed by atoms with van der Waals surface area (Å²) >= 11 is 2.60. The number of fused-ring (bicyclic) bond motifs is 1. The largest absolute Gasteiger partial charge is 0.462 e. The van der Waals surface area contributed by atoms with E-state index in [4.69, 9.17) is 4.74 Å². The van der Waals surface area contributed by atoms with Crippen molar-refractivity contribution in [3.8, 4) is 0 Å². The average Bonchev–Trinajstić information content (AvgIpc) is 3.14. The molecule has 0 aliphatic carbocycles. The summed E-state index contributed by atoms with van der Waals surface area (Å²) in [5.74, 6) is -0.960. The molecule has 0 amide bonds. The predicted molar refractivity (Wildman–Crippen MR) is 118 cm³/mol. The average molecular weight is 438 g/mol. The number of hydrogen-bond acceptors (Lipinski definition) is 7. The van der Waals surface area contributed by atoms with E-state index in [9.17, 15) is 14.0 Å². The number of pyridine rings is 1. The Kier molecular flexibility index (Phi) is 7.80. The first-order valence-corrected chi connectivity index (χ1v) is 11.2. The summed E-state index contributed by atoms with van der Waals surface area (Å²) in [5.41, 5.74) is 0.982. The molecule has 0 unspecified atom stereocenters. The van der Waals surface area contributed by atoms with Gasteiger partial charge in [-0.15, -0.1) is 11.3 Å². The highest BCUT2D eigenvalue weighted by atomic mass is 32.2. The van der Waals surface area contributed by atoms with Gasteiger partial charge in [0.25, 0.3) is 5.56 Å². The lowest BCUT2D eigenvalue weighted by Crippen LogP contribution is -2.23.